The van der Waals surface area contributed by atoms with Gasteiger partial charge in [0.2, 0.25) is 11.4 Å². The molecule has 1 heterocycles. The normalized spacial score (nSPS) is 13.0. The first-order valence-corrected chi connectivity index (χ1v) is 19.0. The fraction of sp³-hybridized carbons (Fsp3) is 0.628. The Labute approximate surface area is 294 Å². The van der Waals surface area contributed by atoms with Crippen LogP contribution in [-0.4, -0.2) is 4.70 Å². The van der Waals surface area contributed by atoms with E-state index in [0.717, 1.165) is 42.6 Å². The molecule has 0 amide bonds. The van der Waals surface area contributed by atoms with Gasteiger partial charge in [0.05, 0.1) is 0 Å². The molecular weight excluding hydrogens is 603 g/mol. The molecule has 46 heavy (non-hydrogen) atoms. The smallest absolute Gasteiger partial charge is 0.210 e. The van der Waals surface area contributed by atoms with E-state index < -0.39 is 0 Å². The van der Waals surface area contributed by atoms with E-state index in [4.69, 9.17) is 0 Å². The average molecular weight is 670 g/mol. The molecule has 0 saturated heterocycles. The summed E-state index contributed by atoms with van der Waals surface area (Å²) in [7, 11) is 0. The molecule has 3 rings (SSSR count). The van der Waals surface area contributed by atoms with Gasteiger partial charge in [-0.2, -0.15) is 0 Å². The Balaban J connectivity index is 0.00000736. The van der Waals surface area contributed by atoms with E-state index in [-0.39, 0.29) is 16.5 Å². The Morgan fingerprint density at radius 1 is 0.522 bits per heavy atom. The maximum atomic E-state index is 12.0. The van der Waals surface area contributed by atoms with Crippen LogP contribution in [0.4, 0.5) is 0 Å². The van der Waals surface area contributed by atoms with Crippen molar-refractivity contribution in [1.82, 2.24) is 0 Å². The fourth-order valence-electron chi connectivity index (χ4n) is 7.10. The molecule has 258 valence electrons. The Bertz CT molecular complexity index is 1240. The number of hydrogen-bond donors (Lipinski definition) is 0. The van der Waals surface area contributed by atoms with Gasteiger partial charge in [-0.3, -0.25) is 0 Å². The van der Waals surface area contributed by atoms with Crippen LogP contribution in [0.15, 0.2) is 35.9 Å². The molecule has 3 heteroatoms. The van der Waals surface area contributed by atoms with Crippen LogP contribution in [0.25, 0.3) is 16.9 Å². The van der Waals surface area contributed by atoms with Crippen LogP contribution in [0.5, 0.6) is 0 Å². The minimum atomic E-state index is 0. The number of benzene rings is 2. The summed E-state index contributed by atoms with van der Waals surface area (Å²) in [5.41, 5.74) is 26.2. The van der Waals surface area contributed by atoms with Crippen molar-refractivity contribution in [3.63, 3.8) is 0 Å². The summed E-state index contributed by atoms with van der Waals surface area (Å²) in [6, 6.07) is 9.49. The second-order valence-corrected chi connectivity index (χ2v) is 14.0. The van der Waals surface area contributed by atoms with Gasteiger partial charge in [0.25, 0.3) is 0 Å². The molecule has 0 aromatic heterocycles. The van der Waals surface area contributed by atoms with Gasteiger partial charge in [-0.15, -0.1) is 0 Å². The Morgan fingerprint density at radius 2 is 0.957 bits per heavy atom. The zero-order chi connectivity index (χ0) is 32.6. The summed E-state index contributed by atoms with van der Waals surface area (Å²) in [5.74, 6) is 0. The summed E-state index contributed by atoms with van der Waals surface area (Å²) in [4.78, 5) is 0. The molecule has 0 radical (unpaired) electrons. The number of aryl methyl sites for hydroxylation is 4. The van der Waals surface area contributed by atoms with E-state index in [2.05, 4.69) is 78.8 Å². The maximum Gasteiger partial charge on any atom is 0.210 e. The van der Waals surface area contributed by atoms with Crippen molar-refractivity contribution in [2.75, 3.05) is 0 Å². The first-order valence-electron chi connectivity index (χ1n) is 19.0. The third-order valence-corrected chi connectivity index (χ3v) is 10.2. The molecule has 0 bridgehead atoms. The van der Waals surface area contributed by atoms with E-state index in [0.29, 0.717) is 0 Å². The zero-order valence-corrected chi connectivity index (χ0v) is 31.7. The van der Waals surface area contributed by atoms with Crippen molar-refractivity contribution in [1.29, 1.82) is 0 Å². The van der Waals surface area contributed by atoms with Crippen LogP contribution in [0.1, 0.15) is 181 Å². The third kappa shape index (κ3) is 11.6. The maximum absolute atomic E-state index is 12.0. The van der Waals surface area contributed by atoms with Crippen molar-refractivity contribution in [3.8, 4) is 0 Å². The van der Waals surface area contributed by atoms with Crippen LogP contribution in [0.3, 0.4) is 0 Å². The third-order valence-electron chi connectivity index (χ3n) is 10.2. The second-order valence-electron chi connectivity index (χ2n) is 14.0. The molecule has 0 unspecified atom stereocenters. The van der Waals surface area contributed by atoms with E-state index in [1.807, 2.05) is 0 Å². The molecule has 0 N–H and O–H groups in total. The van der Waals surface area contributed by atoms with Crippen LogP contribution in [0.2, 0.25) is 0 Å². The minimum absolute atomic E-state index is 0. The largest absolute Gasteiger partial charge is 0.493 e. The van der Waals surface area contributed by atoms with Crippen molar-refractivity contribution in [2.24, 2.45) is 0 Å². The molecule has 2 aromatic rings. The predicted octanol–water partition coefficient (Wildman–Crippen LogP) is 13.7. The predicted molar refractivity (Wildman–Crippen MR) is 198 cm³/mol. The number of rotatable bonds is 22. The fourth-order valence-corrected chi connectivity index (χ4v) is 7.10. The molecule has 0 atom stereocenters. The Hall–Kier alpha value is -1.99. The van der Waals surface area contributed by atoms with Crippen molar-refractivity contribution >= 4 is 11.4 Å². The van der Waals surface area contributed by atoms with Crippen LogP contribution < -0.4 is 0 Å². The molecule has 1 aliphatic rings. The van der Waals surface area contributed by atoms with Gasteiger partial charge < -0.3 is 5.53 Å². The monoisotopic (exact) mass is 668 g/mol. The molecule has 2 aromatic carbocycles. The first kappa shape index (κ1) is 40.2. The molecule has 0 aliphatic carbocycles. The summed E-state index contributed by atoms with van der Waals surface area (Å²) in [6.45, 7) is 15.8. The van der Waals surface area contributed by atoms with Gasteiger partial charge in [0, 0.05) is 39.3 Å². The topological polar surface area (TPSA) is 25.3 Å². The van der Waals surface area contributed by atoms with E-state index in [1.165, 1.54) is 131 Å². The average Bonchev–Trinajstić information content (AvgIpc) is 3.36. The number of allylic oxidation sites excluding steroid dienone is 2. The van der Waals surface area contributed by atoms with Gasteiger partial charge in [0.1, 0.15) is 0 Å². The summed E-state index contributed by atoms with van der Waals surface area (Å²) >= 11 is 0. The van der Waals surface area contributed by atoms with Crippen molar-refractivity contribution in [2.45, 2.75) is 177 Å². The van der Waals surface area contributed by atoms with Crippen LogP contribution in [0, 0.1) is 20.8 Å². The van der Waals surface area contributed by atoms with Crippen LogP contribution >= 0.6 is 0 Å². The SMILES string of the molecule is CCCCCCC1=C(c2cc(C)c(C)c(C)c2)[N+](=[N-])C(c2cc(CCCCCC)c(CCCCCC)c(CCCCCC)c2)=C1.[Ni]. The van der Waals surface area contributed by atoms with E-state index in [1.54, 1.807) is 21.4 Å². The Kier molecular flexibility index (Phi) is 19.0. The van der Waals surface area contributed by atoms with Gasteiger partial charge in [0.15, 0.2) is 0 Å². The van der Waals surface area contributed by atoms with Crippen molar-refractivity contribution in [3.05, 3.63) is 86.0 Å². The van der Waals surface area contributed by atoms with Crippen molar-refractivity contribution < 1.29 is 21.2 Å². The van der Waals surface area contributed by atoms with Gasteiger partial charge >= 0.3 is 0 Å². The van der Waals surface area contributed by atoms with Crippen LogP contribution in [-0.2, 0) is 35.8 Å². The zero-order valence-electron chi connectivity index (χ0n) is 30.7. The summed E-state index contributed by atoms with van der Waals surface area (Å²) in [6.07, 6.45) is 27.2. The van der Waals surface area contributed by atoms with Gasteiger partial charge in [-0.05, 0) is 130 Å². The number of nitrogens with zero attached hydrogens (tertiary/aromatic N) is 2. The molecule has 0 saturated carbocycles. The van der Waals surface area contributed by atoms with E-state index in [9.17, 15) is 5.53 Å². The van der Waals surface area contributed by atoms with Gasteiger partial charge in [-0.1, -0.05) is 105 Å². The number of unbranched alkanes of at least 4 members (excludes halogenated alkanes) is 12. The molecular formula is C43H66N2Ni. The second kappa shape index (κ2) is 21.8. The first-order chi connectivity index (χ1) is 21.9. The van der Waals surface area contributed by atoms with E-state index >= 15 is 0 Å². The molecule has 1 aliphatic heterocycles. The minimum Gasteiger partial charge on any atom is -0.493 e. The molecule has 0 fully saturated rings. The molecule has 0 spiro atoms. The standard InChI is InChI=1S/C43H66N2.Ni/c1-8-12-16-20-24-36-30-39(31-37(25-21-17-13-9-2)41(36)27-23-19-15-11-4)42-32-38(26-22-18-14-10-3)43(45(42)44)40-28-33(5)35(7)34(6)29-40;/h28-32H,8-27H2,1-7H3;. The number of hydrogen-bond acceptors (Lipinski definition) is 0. The summed E-state index contributed by atoms with van der Waals surface area (Å²) in [5, 5.41) is 0. The Morgan fingerprint density at radius 3 is 1.41 bits per heavy atom. The summed E-state index contributed by atoms with van der Waals surface area (Å²) < 4.78 is 1.55. The van der Waals surface area contributed by atoms with Gasteiger partial charge in [-0.25, -0.2) is 4.70 Å². The quantitative estimate of drug-likeness (QED) is 0.0677. The molecule has 2 nitrogen and oxygen atoms in total.